The topological polar surface area (TPSA) is 15.3 Å². The molecule has 2 nitrogen and oxygen atoms in total. The van der Waals surface area contributed by atoms with Gasteiger partial charge in [-0.15, -0.1) is 0 Å². The van der Waals surface area contributed by atoms with Gasteiger partial charge in [0.2, 0.25) is 0 Å². The minimum Gasteiger partial charge on any atom is -0.308 e. The smallest absolute Gasteiger partial charge is 0.0361 e. The Bertz CT molecular complexity index is 1230. The summed E-state index contributed by atoms with van der Waals surface area (Å²) in [6.45, 7) is 3.35. The lowest BCUT2D eigenvalue weighted by Gasteiger charge is -2.54. The molecule has 2 heteroatoms. The van der Waals surface area contributed by atoms with Crippen molar-refractivity contribution in [2.24, 2.45) is 5.92 Å². The zero-order valence-corrected chi connectivity index (χ0v) is 21.0. The minimum absolute atomic E-state index is 0.336. The monoisotopic (exact) mass is 472 g/mol. The van der Waals surface area contributed by atoms with Gasteiger partial charge in [0.15, 0.2) is 0 Å². The highest BCUT2D eigenvalue weighted by Crippen LogP contribution is 2.43. The molecule has 7 rings (SSSR count). The molecule has 3 unspecified atom stereocenters. The van der Waals surface area contributed by atoms with Crippen LogP contribution >= 0.6 is 0 Å². The van der Waals surface area contributed by atoms with Gasteiger partial charge in [0.05, 0.1) is 0 Å². The van der Waals surface area contributed by atoms with Crippen molar-refractivity contribution < 1.29 is 0 Å². The fraction of sp³-hybridized carbons (Fsp3) is 0.294. The molecule has 182 valence electrons. The number of hydrogen-bond donors (Lipinski definition) is 1. The maximum absolute atomic E-state index is 4.07. The molecule has 0 radical (unpaired) electrons. The highest BCUT2D eigenvalue weighted by Gasteiger charge is 2.46. The van der Waals surface area contributed by atoms with Crippen LogP contribution < -0.4 is 5.32 Å². The second-order valence-corrected chi connectivity index (χ2v) is 10.5. The molecule has 0 spiro atoms. The van der Waals surface area contributed by atoms with Crippen LogP contribution in [-0.2, 0) is 13.0 Å². The van der Waals surface area contributed by atoms with Gasteiger partial charge >= 0.3 is 0 Å². The average Bonchev–Trinajstić information content (AvgIpc) is 2.96. The lowest BCUT2D eigenvalue weighted by molar-refractivity contribution is 0.00458. The summed E-state index contributed by atoms with van der Waals surface area (Å²) in [6, 6.07) is 43.2. The minimum atomic E-state index is 0.336. The van der Waals surface area contributed by atoms with Crippen LogP contribution in [-0.4, -0.2) is 30.1 Å². The van der Waals surface area contributed by atoms with Crippen LogP contribution in [0.25, 0.3) is 0 Å². The second kappa shape index (κ2) is 10.8. The Labute approximate surface area is 216 Å². The van der Waals surface area contributed by atoms with Crippen LogP contribution in [0.4, 0.5) is 0 Å². The maximum atomic E-state index is 4.07. The van der Waals surface area contributed by atoms with Crippen LogP contribution in [0.3, 0.4) is 0 Å². The van der Waals surface area contributed by atoms with E-state index in [0.29, 0.717) is 18.0 Å². The Morgan fingerprint density at radius 3 is 1.94 bits per heavy atom. The molecule has 3 aliphatic heterocycles. The normalized spacial score (nSPS) is 23.9. The van der Waals surface area contributed by atoms with Crippen molar-refractivity contribution >= 4 is 0 Å². The van der Waals surface area contributed by atoms with Crippen molar-refractivity contribution in [1.82, 2.24) is 10.2 Å². The molecular formula is C34H36N2. The summed E-state index contributed by atoms with van der Waals surface area (Å²) in [6.07, 6.45) is 3.57. The lowest BCUT2D eigenvalue weighted by atomic mass is 9.69. The average molecular weight is 473 g/mol. The fourth-order valence-corrected chi connectivity index (χ4v) is 6.66. The van der Waals surface area contributed by atoms with Gasteiger partial charge in [0.1, 0.15) is 0 Å². The maximum Gasteiger partial charge on any atom is 0.0361 e. The zero-order chi connectivity index (χ0) is 24.2. The van der Waals surface area contributed by atoms with Gasteiger partial charge in [-0.25, -0.2) is 0 Å². The van der Waals surface area contributed by atoms with Gasteiger partial charge in [0, 0.05) is 24.5 Å². The van der Waals surface area contributed by atoms with Gasteiger partial charge in [-0.3, -0.25) is 4.90 Å². The number of nitrogens with one attached hydrogen (secondary N) is 1. The van der Waals surface area contributed by atoms with Gasteiger partial charge < -0.3 is 5.32 Å². The van der Waals surface area contributed by atoms with E-state index in [4.69, 9.17) is 0 Å². The highest BCUT2D eigenvalue weighted by atomic mass is 15.2. The summed E-state index contributed by atoms with van der Waals surface area (Å²) in [7, 11) is 0. The molecule has 3 atom stereocenters. The molecular weight excluding hydrogens is 436 g/mol. The van der Waals surface area contributed by atoms with E-state index in [1.807, 2.05) is 0 Å². The molecule has 3 heterocycles. The van der Waals surface area contributed by atoms with Crippen LogP contribution in [0.2, 0.25) is 0 Å². The standard InChI is InChI=1S/C34H36N2/c1-4-12-26(13-5-1)24-30-18-10-11-19-31(30)32(28-16-8-3-9-17-28)34-33(29-20-22-36(34)23-21-29)35-25-27-14-6-2-7-15-27/h1-19,29,32-35H,20-25H2. The van der Waals surface area contributed by atoms with E-state index >= 15 is 0 Å². The second-order valence-electron chi connectivity index (χ2n) is 10.5. The Kier molecular flexibility index (Phi) is 6.98. The molecule has 0 aromatic heterocycles. The predicted octanol–water partition coefficient (Wildman–Crippen LogP) is 6.66. The molecule has 1 N–H and O–H groups in total. The molecule has 3 aliphatic rings. The quantitative estimate of drug-likeness (QED) is 0.308. The number of nitrogens with zero attached hydrogens (tertiary/aromatic N) is 1. The number of rotatable bonds is 8. The van der Waals surface area contributed by atoms with E-state index in [2.05, 4.69) is 125 Å². The number of piperidine rings is 3. The van der Waals surface area contributed by atoms with Gasteiger partial charge in [-0.2, -0.15) is 0 Å². The van der Waals surface area contributed by atoms with Crippen molar-refractivity contribution in [3.8, 4) is 0 Å². The van der Waals surface area contributed by atoms with E-state index in [9.17, 15) is 0 Å². The molecule has 3 saturated heterocycles. The van der Waals surface area contributed by atoms with Crippen molar-refractivity contribution in [1.29, 1.82) is 0 Å². The Morgan fingerprint density at radius 2 is 1.25 bits per heavy atom. The van der Waals surface area contributed by atoms with Crippen LogP contribution in [0.15, 0.2) is 115 Å². The van der Waals surface area contributed by atoms with Crippen molar-refractivity contribution in [3.05, 3.63) is 143 Å². The van der Waals surface area contributed by atoms with E-state index < -0.39 is 0 Å². The summed E-state index contributed by atoms with van der Waals surface area (Å²) in [5, 5.41) is 4.07. The summed E-state index contributed by atoms with van der Waals surface area (Å²) < 4.78 is 0. The summed E-state index contributed by atoms with van der Waals surface area (Å²) in [5.74, 6) is 1.07. The van der Waals surface area contributed by atoms with Crippen LogP contribution in [0.5, 0.6) is 0 Å². The van der Waals surface area contributed by atoms with Crippen molar-refractivity contribution in [2.75, 3.05) is 13.1 Å². The van der Waals surface area contributed by atoms with Gasteiger partial charge in [-0.1, -0.05) is 115 Å². The molecule has 3 fully saturated rings. The first-order valence-electron chi connectivity index (χ1n) is 13.5. The van der Waals surface area contributed by atoms with Crippen molar-refractivity contribution in [2.45, 2.75) is 43.8 Å². The molecule has 0 aliphatic carbocycles. The Morgan fingerprint density at radius 1 is 0.667 bits per heavy atom. The highest BCUT2D eigenvalue weighted by molar-refractivity contribution is 5.43. The Hall–Kier alpha value is -3.20. The van der Waals surface area contributed by atoms with E-state index in [1.54, 1.807) is 0 Å². The number of hydrogen-bond acceptors (Lipinski definition) is 2. The van der Waals surface area contributed by atoms with Gasteiger partial charge in [0.25, 0.3) is 0 Å². The summed E-state index contributed by atoms with van der Waals surface area (Å²) in [5.41, 5.74) is 7.11. The van der Waals surface area contributed by atoms with Crippen LogP contribution in [0, 0.1) is 5.92 Å². The molecule has 36 heavy (non-hydrogen) atoms. The molecule has 0 saturated carbocycles. The lowest BCUT2D eigenvalue weighted by Crippen LogP contribution is -2.64. The summed E-state index contributed by atoms with van der Waals surface area (Å²) in [4.78, 5) is 2.79. The molecule has 2 bridgehead atoms. The first-order chi connectivity index (χ1) is 17.9. The summed E-state index contributed by atoms with van der Waals surface area (Å²) >= 11 is 0. The fourth-order valence-electron chi connectivity index (χ4n) is 6.66. The third-order valence-corrected chi connectivity index (χ3v) is 8.38. The Balaban J connectivity index is 1.40. The first-order valence-corrected chi connectivity index (χ1v) is 13.5. The predicted molar refractivity (Wildman–Crippen MR) is 149 cm³/mol. The van der Waals surface area contributed by atoms with E-state index in [1.165, 1.54) is 53.7 Å². The van der Waals surface area contributed by atoms with Crippen LogP contribution in [0.1, 0.15) is 46.6 Å². The molecule has 4 aromatic rings. The zero-order valence-electron chi connectivity index (χ0n) is 21.0. The number of benzene rings is 4. The third kappa shape index (κ3) is 4.89. The molecule has 4 aromatic carbocycles. The molecule has 0 amide bonds. The SMILES string of the molecule is c1ccc(CNC2C3CCN(CC3)C2C(c2ccccc2)c2ccccc2Cc2ccccc2)cc1. The van der Waals surface area contributed by atoms with E-state index in [0.717, 1.165) is 18.9 Å². The third-order valence-electron chi connectivity index (χ3n) is 8.38. The van der Waals surface area contributed by atoms with Crippen molar-refractivity contribution in [3.63, 3.8) is 0 Å². The number of fused-ring (bicyclic) bond motifs is 3. The largest absolute Gasteiger partial charge is 0.308 e. The first kappa shape index (κ1) is 23.2. The van der Waals surface area contributed by atoms with E-state index in [-0.39, 0.29) is 0 Å². The van der Waals surface area contributed by atoms with Gasteiger partial charge in [-0.05, 0) is 66.1 Å².